The van der Waals surface area contributed by atoms with Gasteiger partial charge in [0.05, 0.1) is 5.69 Å². The molecule has 0 fully saturated rings. The summed E-state index contributed by atoms with van der Waals surface area (Å²) >= 11 is 12.2. The van der Waals surface area contributed by atoms with Crippen LogP contribution in [0.25, 0.3) is 0 Å². The van der Waals surface area contributed by atoms with Crippen LogP contribution < -0.4 is 0 Å². The Morgan fingerprint density at radius 1 is 1.28 bits per heavy atom. The van der Waals surface area contributed by atoms with Crippen LogP contribution >= 0.6 is 23.2 Å². The maximum Gasteiger partial charge on any atom is 0.133 e. The second-order valence-corrected chi connectivity index (χ2v) is 5.09. The molecule has 18 heavy (non-hydrogen) atoms. The highest BCUT2D eigenvalue weighted by atomic mass is 35.5. The minimum atomic E-state index is -0.815. The Morgan fingerprint density at radius 2 is 1.94 bits per heavy atom. The Morgan fingerprint density at radius 3 is 2.44 bits per heavy atom. The van der Waals surface area contributed by atoms with Crippen LogP contribution in [0.2, 0.25) is 10.2 Å². The molecule has 1 aromatic heterocycles. The minimum absolute atomic E-state index is 0.441. The van der Waals surface area contributed by atoms with E-state index in [0.717, 1.165) is 5.56 Å². The first-order chi connectivity index (χ1) is 8.41. The number of hydrogen-bond donors (Lipinski definition) is 1. The number of hydrogen-bond acceptors (Lipinski definition) is 2. The van der Waals surface area contributed by atoms with E-state index in [1.165, 1.54) is 0 Å². The lowest BCUT2D eigenvalue weighted by Gasteiger charge is -2.12. The summed E-state index contributed by atoms with van der Waals surface area (Å²) in [7, 11) is 1.74. The molecule has 0 saturated heterocycles. The van der Waals surface area contributed by atoms with Crippen LogP contribution in [0.1, 0.15) is 28.5 Å². The van der Waals surface area contributed by atoms with Crippen LogP contribution in [0, 0.1) is 13.8 Å². The number of aliphatic hydroxyl groups is 1. The van der Waals surface area contributed by atoms with E-state index in [-0.39, 0.29) is 0 Å². The first-order valence-electron chi connectivity index (χ1n) is 5.55. The zero-order valence-electron chi connectivity index (χ0n) is 10.4. The summed E-state index contributed by atoms with van der Waals surface area (Å²) in [5.74, 6) is 0. The zero-order chi connectivity index (χ0) is 13.4. The van der Waals surface area contributed by atoms with Gasteiger partial charge < -0.3 is 5.11 Å². The second kappa shape index (κ2) is 4.92. The van der Waals surface area contributed by atoms with E-state index in [2.05, 4.69) is 5.10 Å². The van der Waals surface area contributed by atoms with Crippen molar-refractivity contribution in [2.45, 2.75) is 20.0 Å². The molecule has 0 aliphatic rings. The summed E-state index contributed by atoms with van der Waals surface area (Å²) in [6.07, 6.45) is -0.815. The molecule has 0 bridgehead atoms. The van der Waals surface area contributed by atoms with E-state index in [9.17, 15) is 5.11 Å². The van der Waals surface area contributed by atoms with Gasteiger partial charge in [0.15, 0.2) is 0 Å². The standard InChI is InChI=1S/C13H14Cl2N2O/c1-7-4-5-9(6-10(7)14)12(18)11-8(2)16-17(3)13(11)15/h4-6,12,18H,1-3H3. The van der Waals surface area contributed by atoms with Crippen molar-refractivity contribution in [3.63, 3.8) is 0 Å². The highest BCUT2D eigenvalue weighted by molar-refractivity contribution is 6.31. The van der Waals surface area contributed by atoms with E-state index in [0.29, 0.717) is 27.0 Å². The van der Waals surface area contributed by atoms with Gasteiger partial charge in [-0.25, -0.2) is 0 Å². The van der Waals surface area contributed by atoms with Crippen molar-refractivity contribution < 1.29 is 5.11 Å². The van der Waals surface area contributed by atoms with Gasteiger partial charge in [-0.05, 0) is 31.0 Å². The first-order valence-corrected chi connectivity index (χ1v) is 6.30. The largest absolute Gasteiger partial charge is 0.383 e. The third kappa shape index (κ3) is 2.26. The van der Waals surface area contributed by atoms with Crippen LogP contribution in [0.15, 0.2) is 18.2 Å². The summed E-state index contributed by atoms with van der Waals surface area (Å²) in [5.41, 5.74) is 3.02. The molecule has 0 spiro atoms. The molecule has 0 amide bonds. The van der Waals surface area contributed by atoms with Gasteiger partial charge >= 0.3 is 0 Å². The molecule has 96 valence electrons. The summed E-state index contributed by atoms with van der Waals surface area (Å²) in [6.45, 7) is 3.74. The van der Waals surface area contributed by atoms with Crippen LogP contribution in [0.3, 0.4) is 0 Å². The predicted molar refractivity (Wildman–Crippen MR) is 73.2 cm³/mol. The molecule has 1 aromatic carbocycles. The maximum atomic E-state index is 10.4. The van der Waals surface area contributed by atoms with Crippen molar-refractivity contribution >= 4 is 23.2 Å². The summed E-state index contributed by atoms with van der Waals surface area (Å²) < 4.78 is 1.55. The molecule has 0 aliphatic carbocycles. The van der Waals surface area contributed by atoms with Gasteiger partial charge in [-0.15, -0.1) is 0 Å². The van der Waals surface area contributed by atoms with Gasteiger partial charge in [-0.2, -0.15) is 5.10 Å². The Kier molecular flexibility index (Phi) is 3.66. The van der Waals surface area contributed by atoms with E-state index in [1.54, 1.807) is 17.8 Å². The Labute approximate surface area is 116 Å². The number of halogens is 2. The average Bonchev–Trinajstić information content (AvgIpc) is 2.56. The summed E-state index contributed by atoms with van der Waals surface area (Å²) in [5, 5.41) is 15.6. The number of rotatable bonds is 2. The van der Waals surface area contributed by atoms with Crippen molar-refractivity contribution in [3.8, 4) is 0 Å². The van der Waals surface area contributed by atoms with Gasteiger partial charge in [0, 0.05) is 17.6 Å². The first kappa shape index (κ1) is 13.4. The molecule has 5 heteroatoms. The van der Waals surface area contributed by atoms with Crippen molar-refractivity contribution in [1.29, 1.82) is 0 Å². The van der Waals surface area contributed by atoms with Crippen LogP contribution in [0.4, 0.5) is 0 Å². The predicted octanol–water partition coefficient (Wildman–Crippen LogP) is 3.43. The monoisotopic (exact) mass is 284 g/mol. The molecular formula is C13H14Cl2N2O. The quantitative estimate of drug-likeness (QED) is 0.918. The SMILES string of the molecule is Cc1ccc(C(O)c2c(C)nn(C)c2Cl)cc1Cl. The van der Waals surface area contributed by atoms with E-state index in [4.69, 9.17) is 23.2 Å². The summed E-state index contributed by atoms with van der Waals surface area (Å²) in [4.78, 5) is 0. The zero-order valence-corrected chi connectivity index (χ0v) is 11.9. The molecule has 2 rings (SSSR count). The van der Waals surface area contributed by atoms with Gasteiger partial charge in [0.1, 0.15) is 11.3 Å². The number of aliphatic hydroxyl groups excluding tert-OH is 1. The number of aromatic nitrogens is 2. The van der Waals surface area contributed by atoms with Crippen LogP contribution in [0.5, 0.6) is 0 Å². The highest BCUT2D eigenvalue weighted by Gasteiger charge is 2.21. The number of benzene rings is 1. The second-order valence-electron chi connectivity index (χ2n) is 4.32. The lowest BCUT2D eigenvalue weighted by Crippen LogP contribution is -2.01. The van der Waals surface area contributed by atoms with Gasteiger partial charge in [0.2, 0.25) is 0 Å². The molecule has 3 nitrogen and oxygen atoms in total. The average molecular weight is 285 g/mol. The van der Waals surface area contributed by atoms with Crippen LogP contribution in [-0.4, -0.2) is 14.9 Å². The lowest BCUT2D eigenvalue weighted by atomic mass is 10.0. The van der Waals surface area contributed by atoms with Crippen molar-refractivity contribution in [3.05, 3.63) is 50.8 Å². The molecule has 1 heterocycles. The molecule has 0 aliphatic heterocycles. The Bertz CT molecular complexity index is 593. The smallest absolute Gasteiger partial charge is 0.133 e. The van der Waals surface area contributed by atoms with Crippen LogP contribution in [-0.2, 0) is 7.05 Å². The number of aryl methyl sites for hydroxylation is 3. The van der Waals surface area contributed by atoms with Gasteiger partial charge in [0.25, 0.3) is 0 Å². The summed E-state index contributed by atoms with van der Waals surface area (Å²) in [6, 6.07) is 5.47. The van der Waals surface area contributed by atoms with Gasteiger partial charge in [-0.1, -0.05) is 35.3 Å². The maximum absolute atomic E-state index is 10.4. The van der Waals surface area contributed by atoms with E-state index < -0.39 is 6.10 Å². The third-order valence-corrected chi connectivity index (χ3v) is 3.84. The molecule has 2 aromatic rings. The Balaban J connectivity index is 2.47. The van der Waals surface area contributed by atoms with Gasteiger partial charge in [-0.3, -0.25) is 4.68 Å². The normalized spacial score (nSPS) is 12.8. The fourth-order valence-corrected chi connectivity index (χ4v) is 2.37. The van der Waals surface area contributed by atoms with Crippen molar-refractivity contribution in [1.82, 2.24) is 9.78 Å². The van der Waals surface area contributed by atoms with E-state index in [1.807, 2.05) is 26.0 Å². The highest BCUT2D eigenvalue weighted by Crippen LogP contribution is 2.32. The third-order valence-electron chi connectivity index (χ3n) is 2.98. The molecule has 0 radical (unpaired) electrons. The molecule has 1 unspecified atom stereocenters. The van der Waals surface area contributed by atoms with Crippen molar-refractivity contribution in [2.24, 2.45) is 7.05 Å². The molecule has 1 atom stereocenters. The Hall–Kier alpha value is -1.03. The molecular weight excluding hydrogens is 271 g/mol. The minimum Gasteiger partial charge on any atom is -0.383 e. The van der Waals surface area contributed by atoms with Crippen molar-refractivity contribution in [2.75, 3.05) is 0 Å². The fraction of sp³-hybridized carbons (Fsp3) is 0.308. The molecule has 0 saturated carbocycles. The van der Waals surface area contributed by atoms with E-state index >= 15 is 0 Å². The topological polar surface area (TPSA) is 38.1 Å². The lowest BCUT2D eigenvalue weighted by molar-refractivity contribution is 0.219. The number of nitrogens with zero attached hydrogens (tertiary/aromatic N) is 2. The molecule has 1 N–H and O–H groups in total. The fourth-order valence-electron chi connectivity index (χ4n) is 1.90.